The number of thioether (sulfide) groups is 1. The van der Waals surface area contributed by atoms with E-state index in [1.807, 2.05) is 55.9 Å². The van der Waals surface area contributed by atoms with Gasteiger partial charge in [0.2, 0.25) is 0 Å². The first-order chi connectivity index (χ1) is 13.3. The monoisotopic (exact) mass is 400 g/mol. The Bertz CT molecular complexity index is 847. The molecule has 1 fully saturated rings. The smallest absolute Gasteiger partial charge is 0.254 e. The molecule has 0 atom stereocenters. The van der Waals surface area contributed by atoms with Gasteiger partial charge in [-0.1, -0.05) is 23.9 Å². The van der Waals surface area contributed by atoms with Gasteiger partial charge in [-0.2, -0.15) is 0 Å². The molecule has 1 aliphatic rings. The van der Waals surface area contributed by atoms with Crippen molar-refractivity contribution in [3.63, 3.8) is 0 Å². The summed E-state index contributed by atoms with van der Waals surface area (Å²) >= 11 is 1.61. The van der Waals surface area contributed by atoms with E-state index in [1.54, 1.807) is 11.8 Å². The first-order valence-corrected chi connectivity index (χ1v) is 10.7. The quantitative estimate of drug-likeness (QED) is 0.608. The molecule has 1 saturated heterocycles. The summed E-state index contributed by atoms with van der Waals surface area (Å²) < 4.78 is 0. The maximum atomic E-state index is 12.8. The molecule has 3 rings (SSSR count). The maximum Gasteiger partial charge on any atom is 0.254 e. The van der Waals surface area contributed by atoms with Crippen LogP contribution in [0.25, 0.3) is 0 Å². The van der Waals surface area contributed by atoms with Crippen LogP contribution >= 0.6 is 11.8 Å². The molecule has 0 unspecified atom stereocenters. The first kappa shape index (κ1) is 20.6. The normalized spacial score (nSPS) is 15.0. The molecular formula is C21H30N5OS+. The second kappa shape index (κ2) is 8.92. The van der Waals surface area contributed by atoms with E-state index >= 15 is 0 Å². The minimum absolute atomic E-state index is 0.136. The summed E-state index contributed by atoms with van der Waals surface area (Å²) in [6.45, 7) is 7.75. The van der Waals surface area contributed by atoms with Gasteiger partial charge in [0.05, 0.1) is 33.2 Å². The zero-order chi connectivity index (χ0) is 20.3. The molecule has 1 aromatic heterocycles. The fraction of sp³-hybridized carbons (Fsp3) is 0.476. The average molecular weight is 401 g/mol. The largest absolute Gasteiger partial charge is 0.362 e. The lowest BCUT2D eigenvalue weighted by molar-refractivity contribution is -0.883. The van der Waals surface area contributed by atoms with Crippen LogP contribution in [0.3, 0.4) is 0 Å². The highest BCUT2D eigenvalue weighted by Gasteiger charge is 2.22. The van der Waals surface area contributed by atoms with Crippen LogP contribution in [0.5, 0.6) is 0 Å². The number of likely N-dealkylation sites (N-methyl/N-ethyl adjacent to an activating group) is 1. The van der Waals surface area contributed by atoms with Crippen LogP contribution in [0.15, 0.2) is 29.4 Å². The summed E-state index contributed by atoms with van der Waals surface area (Å²) in [5.41, 5.74) is 4.00. The molecule has 7 heteroatoms. The van der Waals surface area contributed by atoms with Crippen molar-refractivity contribution in [2.24, 2.45) is 0 Å². The summed E-state index contributed by atoms with van der Waals surface area (Å²) in [7, 11) is 6.17. The standard InChI is InChI=1S/C21H29N5OS/c1-15-16(2)22-21(23-19(15)24(3)4)28-14-17-7-6-8-18(13-17)20(27)26-11-9-25(5)10-12-26/h6-8,13H,9-12,14H2,1-5H3/p+1. The Morgan fingerprint density at radius 2 is 1.93 bits per heavy atom. The van der Waals surface area contributed by atoms with Gasteiger partial charge < -0.3 is 14.7 Å². The van der Waals surface area contributed by atoms with Crippen molar-refractivity contribution < 1.29 is 9.69 Å². The van der Waals surface area contributed by atoms with E-state index in [-0.39, 0.29) is 5.91 Å². The summed E-state index contributed by atoms with van der Waals surface area (Å²) in [6.07, 6.45) is 0. The number of nitrogens with one attached hydrogen (secondary N) is 1. The fourth-order valence-electron chi connectivity index (χ4n) is 3.30. The van der Waals surface area contributed by atoms with Crippen molar-refractivity contribution in [2.75, 3.05) is 52.2 Å². The third-order valence-corrected chi connectivity index (χ3v) is 6.13. The molecule has 150 valence electrons. The van der Waals surface area contributed by atoms with E-state index in [9.17, 15) is 4.79 Å². The molecule has 0 bridgehead atoms. The van der Waals surface area contributed by atoms with Gasteiger partial charge in [0.1, 0.15) is 5.82 Å². The van der Waals surface area contributed by atoms with Crippen molar-refractivity contribution in [3.05, 3.63) is 46.6 Å². The number of rotatable bonds is 5. The van der Waals surface area contributed by atoms with Gasteiger partial charge in [0.25, 0.3) is 5.91 Å². The summed E-state index contributed by atoms with van der Waals surface area (Å²) in [6, 6.07) is 7.95. The zero-order valence-corrected chi connectivity index (χ0v) is 18.3. The molecule has 0 spiro atoms. The van der Waals surface area contributed by atoms with E-state index in [0.717, 1.165) is 65.3 Å². The number of nitrogens with zero attached hydrogens (tertiary/aromatic N) is 4. The molecular weight excluding hydrogens is 370 g/mol. The SMILES string of the molecule is Cc1nc(SCc2cccc(C(=O)N3CC[NH+](C)CC3)c2)nc(N(C)C)c1C. The summed E-state index contributed by atoms with van der Waals surface area (Å²) in [5, 5.41) is 0.769. The molecule has 6 nitrogen and oxygen atoms in total. The molecule has 2 heterocycles. The number of aromatic nitrogens is 2. The van der Waals surface area contributed by atoms with Crippen molar-refractivity contribution in [2.45, 2.75) is 24.8 Å². The predicted octanol–water partition coefficient (Wildman–Crippen LogP) is 1.42. The third kappa shape index (κ3) is 4.83. The highest BCUT2D eigenvalue weighted by Crippen LogP contribution is 2.25. The lowest BCUT2D eigenvalue weighted by Gasteiger charge is -2.30. The van der Waals surface area contributed by atoms with Gasteiger partial charge in [-0.15, -0.1) is 0 Å². The lowest BCUT2D eigenvalue weighted by atomic mass is 10.1. The molecule has 28 heavy (non-hydrogen) atoms. The number of aryl methyl sites for hydroxylation is 1. The fourth-order valence-corrected chi connectivity index (χ4v) is 4.13. The van der Waals surface area contributed by atoms with E-state index in [1.165, 1.54) is 4.90 Å². The summed E-state index contributed by atoms with van der Waals surface area (Å²) in [5.74, 6) is 1.83. The topological polar surface area (TPSA) is 53.8 Å². The van der Waals surface area contributed by atoms with Gasteiger partial charge >= 0.3 is 0 Å². The summed E-state index contributed by atoms with van der Waals surface area (Å²) in [4.78, 5) is 27.6. The predicted molar refractivity (Wildman–Crippen MR) is 114 cm³/mol. The van der Waals surface area contributed by atoms with Crippen LogP contribution in [-0.4, -0.2) is 68.1 Å². The van der Waals surface area contributed by atoms with E-state index in [4.69, 9.17) is 0 Å². The number of amides is 1. The highest BCUT2D eigenvalue weighted by atomic mass is 32.2. The van der Waals surface area contributed by atoms with Crippen LogP contribution in [0.2, 0.25) is 0 Å². The minimum atomic E-state index is 0.136. The Balaban J connectivity index is 1.69. The molecule has 1 amide bonds. The first-order valence-electron chi connectivity index (χ1n) is 9.70. The Labute approximate surface area is 172 Å². The number of carbonyl (C=O) groups is 1. The molecule has 1 aliphatic heterocycles. The van der Waals surface area contributed by atoms with Crippen LogP contribution in [0.4, 0.5) is 5.82 Å². The van der Waals surface area contributed by atoms with Crippen LogP contribution in [0.1, 0.15) is 27.2 Å². The Kier molecular flexibility index (Phi) is 6.57. The average Bonchev–Trinajstić information content (AvgIpc) is 2.68. The third-order valence-electron chi connectivity index (χ3n) is 5.21. The lowest BCUT2D eigenvalue weighted by Crippen LogP contribution is -3.12. The second-order valence-corrected chi connectivity index (χ2v) is 8.62. The van der Waals surface area contributed by atoms with E-state index in [0.29, 0.717) is 0 Å². The number of anilines is 1. The number of hydrogen-bond donors (Lipinski definition) is 1. The van der Waals surface area contributed by atoms with E-state index in [2.05, 4.69) is 23.1 Å². The molecule has 2 aromatic rings. The minimum Gasteiger partial charge on any atom is -0.362 e. The van der Waals surface area contributed by atoms with Crippen molar-refractivity contribution in [1.29, 1.82) is 0 Å². The van der Waals surface area contributed by atoms with Gasteiger partial charge in [-0.05, 0) is 31.5 Å². The van der Waals surface area contributed by atoms with Crippen molar-refractivity contribution in [1.82, 2.24) is 14.9 Å². The van der Waals surface area contributed by atoms with Crippen molar-refractivity contribution in [3.8, 4) is 0 Å². The number of carbonyl (C=O) groups excluding carboxylic acids is 1. The second-order valence-electron chi connectivity index (χ2n) is 7.67. The number of piperazine rings is 1. The maximum absolute atomic E-state index is 12.8. The molecule has 1 aromatic carbocycles. The number of quaternary nitrogens is 1. The van der Waals surface area contributed by atoms with Crippen molar-refractivity contribution >= 4 is 23.5 Å². The Morgan fingerprint density at radius 3 is 2.61 bits per heavy atom. The van der Waals surface area contributed by atoms with Gasteiger partial charge in [-0.25, -0.2) is 9.97 Å². The van der Waals surface area contributed by atoms with Crippen LogP contribution < -0.4 is 9.80 Å². The van der Waals surface area contributed by atoms with E-state index < -0.39 is 0 Å². The molecule has 1 N–H and O–H groups in total. The van der Waals surface area contributed by atoms with Gasteiger partial charge in [-0.3, -0.25) is 4.79 Å². The zero-order valence-electron chi connectivity index (χ0n) is 17.5. The number of benzene rings is 1. The van der Waals surface area contributed by atoms with Gasteiger partial charge in [0.15, 0.2) is 5.16 Å². The molecule has 0 saturated carbocycles. The Morgan fingerprint density at radius 1 is 1.21 bits per heavy atom. The highest BCUT2D eigenvalue weighted by molar-refractivity contribution is 7.98. The van der Waals surface area contributed by atoms with Crippen LogP contribution in [-0.2, 0) is 5.75 Å². The molecule has 0 aliphatic carbocycles. The van der Waals surface area contributed by atoms with Crippen LogP contribution in [0, 0.1) is 13.8 Å². The van der Waals surface area contributed by atoms with Gasteiger partial charge in [0, 0.05) is 36.7 Å². The Hall–Kier alpha value is -2.12. The molecule has 0 radical (unpaired) electrons. The number of hydrogen-bond acceptors (Lipinski definition) is 5.